The summed E-state index contributed by atoms with van der Waals surface area (Å²) in [4.78, 5) is 0. The molecule has 1 atom stereocenters. The molecule has 1 saturated heterocycles. The zero-order valence-electron chi connectivity index (χ0n) is 7.49. The van der Waals surface area contributed by atoms with E-state index < -0.39 is 0 Å². The number of hydrogen-bond acceptors (Lipinski definition) is 3. The van der Waals surface area contributed by atoms with E-state index in [0.717, 1.165) is 5.69 Å². The number of rotatable bonds is 2. The number of benzene rings is 1. The van der Waals surface area contributed by atoms with Crippen molar-refractivity contribution in [2.45, 2.75) is 12.5 Å². The van der Waals surface area contributed by atoms with E-state index in [1.54, 1.807) is 0 Å². The van der Waals surface area contributed by atoms with Crippen LogP contribution in [0.4, 0.5) is 11.4 Å². The lowest BCUT2D eigenvalue weighted by molar-refractivity contribution is 0.813. The normalized spacial score (nSPS) is 21.7. The topological polar surface area (TPSA) is 38.0 Å². The van der Waals surface area contributed by atoms with Crippen LogP contribution in [-0.2, 0) is 0 Å². The summed E-state index contributed by atoms with van der Waals surface area (Å²) in [6, 6.07) is 8.60. The third-order valence-electron chi connectivity index (χ3n) is 2.21. The average molecular weight is 194 g/mol. The molecule has 1 aliphatic rings. The molecule has 1 aromatic rings. The first-order valence-corrected chi connectivity index (χ1v) is 5.70. The van der Waals surface area contributed by atoms with Gasteiger partial charge in [-0.3, -0.25) is 0 Å². The fourth-order valence-corrected chi connectivity index (χ4v) is 2.62. The maximum Gasteiger partial charge on any atom is 0.0359 e. The third-order valence-corrected chi connectivity index (χ3v) is 3.37. The summed E-state index contributed by atoms with van der Waals surface area (Å²) in [5.74, 6) is 2.51. The van der Waals surface area contributed by atoms with Gasteiger partial charge in [0.05, 0.1) is 0 Å². The Morgan fingerprint density at radius 2 is 2.08 bits per heavy atom. The van der Waals surface area contributed by atoms with E-state index in [1.165, 1.54) is 23.6 Å². The second-order valence-electron chi connectivity index (χ2n) is 3.33. The van der Waals surface area contributed by atoms with Crippen molar-refractivity contribution in [3.05, 3.63) is 24.3 Å². The molecule has 2 rings (SSSR count). The first kappa shape index (κ1) is 8.75. The van der Waals surface area contributed by atoms with Gasteiger partial charge in [0, 0.05) is 23.2 Å². The second kappa shape index (κ2) is 3.92. The van der Waals surface area contributed by atoms with Gasteiger partial charge in [0.25, 0.3) is 0 Å². The van der Waals surface area contributed by atoms with E-state index in [2.05, 4.69) is 5.32 Å². The Labute approximate surface area is 82.9 Å². The average Bonchev–Trinajstić information content (AvgIpc) is 2.62. The molecule has 1 heterocycles. The van der Waals surface area contributed by atoms with Crippen molar-refractivity contribution in [2.75, 3.05) is 22.6 Å². The Balaban J connectivity index is 1.97. The number of thioether (sulfide) groups is 1. The predicted molar refractivity (Wildman–Crippen MR) is 60.2 cm³/mol. The minimum atomic E-state index is 0.647. The van der Waals surface area contributed by atoms with E-state index >= 15 is 0 Å². The van der Waals surface area contributed by atoms with Gasteiger partial charge >= 0.3 is 0 Å². The zero-order valence-corrected chi connectivity index (χ0v) is 8.31. The molecule has 0 radical (unpaired) electrons. The standard InChI is InChI=1S/C10H14N2S/c11-8-1-3-9(4-2-8)12-10-5-6-13-7-10/h1-4,10,12H,5-7,11H2. The number of nitrogens with one attached hydrogen (secondary N) is 1. The van der Waals surface area contributed by atoms with Crippen LogP contribution in [0.3, 0.4) is 0 Å². The quantitative estimate of drug-likeness (QED) is 0.709. The van der Waals surface area contributed by atoms with Crippen molar-refractivity contribution >= 4 is 23.1 Å². The Kier molecular flexibility index (Phi) is 2.64. The lowest BCUT2D eigenvalue weighted by Crippen LogP contribution is -2.17. The molecule has 13 heavy (non-hydrogen) atoms. The van der Waals surface area contributed by atoms with Crippen LogP contribution in [0.2, 0.25) is 0 Å². The van der Waals surface area contributed by atoms with E-state index in [4.69, 9.17) is 5.73 Å². The molecule has 1 fully saturated rings. The highest BCUT2D eigenvalue weighted by Crippen LogP contribution is 2.21. The van der Waals surface area contributed by atoms with E-state index in [1.807, 2.05) is 36.0 Å². The summed E-state index contributed by atoms with van der Waals surface area (Å²) in [6.45, 7) is 0. The summed E-state index contributed by atoms with van der Waals surface area (Å²) >= 11 is 2.02. The van der Waals surface area contributed by atoms with Gasteiger partial charge in [0.1, 0.15) is 0 Å². The Bertz CT molecular complexity index is 265. The lowest BCUT2D eigenvalue weighted by Gasteiger charge is -2.12. The van der Waals surface area contributed by atoms with Crippen LogP contribution in [0, 0.1) is 0 Å². The van der Waals surface area contributed by atoms with E-state index in [9.17, 15) is 0 Å². The van der Waals surface area contributed by atoms with Crippen LogP contribution in [-0.4, -0.2) is 17.5 Å². The van der Waals surface area contributed by atoms with Gasteiger partial charge in [-0.1, -0.05) is 0 Å². The third kappa shape index (κ3) is 2.31. The van der Waals surface area contributed by atoms with Crippen molar-refractivity contribution < 1.29 is 0 Å². The van der Waals surface area contributed by atoms with Crippen molar-refractivity contribution in [1.29, 1.82) is 0 Å². The maximum atomic E-state index is 5.60. The van der Waals surface area contributed by atoms with Crippen LogP contribution >= 0.6 is 11.8 Å². The highest BCUT2D eigenvalue weighted by Gasteiger charge is 2.14. The van der Waals surface area contributed by atoms with E-state index in [-0.39, 0.29) is 0 Å². The largest absolute Gasteiger partial charge is 0.399 e. The second-order valence-corrected chi connectivity index (χ2v) is 4.48. The lowest BCUT2D eigenvalue weighted by atomic mass is 10.2. The minimum absolute atomic E-state index is 0.647. The number of hydrogen-bond donors (Lipinski definition) is 2. The van der Waals surface area contributed by atoms with Crippen LogP contribution in [0.25, 0.3) is 0 Å². The van der Waals surface area contributed by atoms with E-state index in [0.29, 0.717) is 6.04 Å². The molecular weight excluding hydrogens is 180 g/mol. The van der Waals surface area contributed by atoms with Crippen LogP contribution in [0.1, 0.15) is 6.42 Å². The molecule has 1 aliphatic heterocycles. The SMILES string of the molecule is Nc1ccc(NC2CCSC2)cc1. The van der Waals surface area contributed by atoms with Gasteiger partial charge in [-0.15, -0.1) is 0 Å². The first-order chi connectivity index (χ1) is 6.34. The van der Waals surface area contributed by atoms with Crippen molar-refractivity contribution in [2.24, 2.45) is 0 Å². The highest BCUT2D eigenvalue weighted by atomic mass is 32.2. The van der Waals surface area contributed by atoms with Crippen LogP contribution < -0.4 is 11.1 Å². The molecule has 0 bridgehead atoms. The molecule has 2 nitrogen and oxygen atoms in total. The molecule has 3 N–H and O–H groups in total. The Morgan fingerprint density at radius 1 is 1.31 bits per heavy atom. The minimum Gasteiger partial charge on any atom is -0.399 e. The molecule has 0 spiro atoms. The molecule has 0 aromatic heterocycles. The fraction of sp³-hybridized carbons (Fsp3) is 0.400. The first-order valence-electron chi connectivity index (χ1n) is 4.54. The van der Waals surface area contributed by atoms with Gasteiger partial charge < -0.3 is 11.1 Å². The maximum absolute atomic E-state index is 5.60. The summed E-state index contributed by atoms with van der Waals surface area (Å²) in [5.41, 5.74) is 7.61. The van der Waals surface area contributed by atoms with Crippen molar-refractivity contribution in [1.82, 2.24) is 0 Å². The predicted octanol–water partition coefficient (Wildman–Crippen LogP) is 2.19. The highest BCUT2D eigenvalue weighted by molar-refractivity contribution is 7.99. The summed E-state index contributed by atoms with van der Waals surface area (Å²) in [7, 11) is 0. The van der Waals surface area contributed by atoms with Gasteiger partial charge in [0.2, 0.25) is 0 Å². The van der Waals surface area contributed by atoms with Crippen molar-refractivity contribution in [3.63, 3.8) is 0 Å². The van der Waals surface area contributed by atoms with Crippen LogP contribution in [0.15, 0.2) is 24.3 Å². The van der Waals surface area contributed by atoms with Crippen LogP contribution in [0.5, 0.6) is 0 Å². The molecule has 0 saturated carbocycles. The molecule has 70 valence electrons. The molecule has 0 aliphatic carbocycles. The molecule has 1 aromatic carbocycles. The van der Waals surface area contributed by atoms with Gasteiger partial charge in [-0.25, -0.2) is 0 Å². The Morgan fingerprint density at radius 3 is 2.69 bits per heavy atom. The molecular formula is C10H14N2S. The molecule has 0 amide bonds. The summed E-state index contributed by atoms with van der Waals surface area (Å²) in [5, 5.41) is 3.49. The van der Waals surface area contributed by atoms with Gasteiger partial charge in [-0.05, 0) is 36.4 Å². The molecule has 3 heteroatoms. The number of nitrogens with two attached hydrogens (primary N) is 1. The zero-order chi connectivity index (χ0) is 9.10. The Hall–Kier alpha value is -0.830. The molecule has 1 unspecified atom stereocenters. The van der Waals surface area contributed by atoms with Gasteiger partial charge in [-0.2, -0.15) is 11.8 Å². The summed E-state index contributed by atoms with van der Waals surface area (Å²) < 4.78 is 0. The van der Waals surface area contributed by atoms with Crippen molar-refractivity contribution in [3.8, 4) is 0 Å². The van der Waals surface area contributed by atoms with Gasteiger partial charge in [0.15, 0.2) is 0 Å². The number of nitrogen functional groups attached to an aromatic ring is 1. The fourth-order valence-electron chi connectivity index (χ4n) is 1.46. The summed E-state index contributed by atoms with van der Waals surface area (Å²) in [6.07, 6.45) is 1.27. The number of anilines is 2. The smallest absolute Gasteiger partial charge is 0.0359 e. The monoisotopic (exact) mass is 194 g/mol.